The number of ether oxygens (including phenoxy) is 1. The van der Waals surface area contributed by atoms with Gasteiger partial charge in [-0.25, -0.2) is 0 Å². The highest BCUT2D eigenvalue weighted by atomic mass is 16.5. The molecule has 0 aliphatic heterocycles. The van der Waals surface area contributed by atoms with Crippen molar-refractivity contribution >= 4 is 5.91 Å². The van der Waals surface area contributed by atoms with Crippen LogP contribution < -0.4 is 10.1 Å². The van der Waals surface area contributed by atoms with Gasteiger partial charge in [0.25, 0.3) is 5.91 Å². The zero-order chi connectivity index (χ0) is 15.1. The summed E-state index contributed by atoms with van der Waals surface area (Å²) in [6.07, 6.45) is 5.85. The molecule has 0 fully saturated rings. The first kappa shape index (κ1) is 14.7. The highest BCUT2D eigenvalue weighted by Crippen LogP contribution is 2.17. The molecule has 0 bridgehead atoms. The van der Waals surface area contributed by atoms with E-state index in [1.54, 1.807) is 31.4 Å². The lowest BCUT2D eigenvalue weighted by Gasteiger charge is -2.17. The number of hydrogen-bond acceptors (Lipinski definition) is 2. The molecule has 2 aromatic carbocycles. The second-order valence-electron chi connectivity index (χ2n) is 4.57. The molecule has 0 spiro atoms. The average molecular weight is 279 g/mol. The molecular weight excluding hydrogens is 262 g/mol. The summed E-state index contributed by atoms with van der Waals surface area (Å²) in [5.74, 6) is 3.17. The lowest BCUT2D eigenvalue weighted by molar-refractivity contribution is 0.0937. The SMILES string of the molecule is C#CC[C@H](NC(=O)c1ccc(OC)cc1)c1ccccc1. The number of carbonyl (C=O) groups is 1. The van der Waals surface area contributed by atoms with Crippen molar-refractivity contribution in [1.29, 1.82) is 0 Å². The molecule has 3 nitrogen and oxygen atoms in total. The predicted molar refractivity (Wildman–Crippen MR) is 83.1 cm³/mol. The van der Waals surface area contributed by atoms with E-state index in [2.05, 4.69) is 11.2 Å². The van der Waals surface area contributed by atoms with E-state index in [4.69, 9.17) is 11.2 Å². The molecule has 0 saturated heterocycles. The standard InChI is InChI=1S/C18H17NO2/c1-3-7-17(14-8-5-4-6-9-14)19-18(20)15-10-12-16(21-2)13-11-15/h1,4-6,8-13,17H,7H2,2H3,(H,19,20)/t17-/m0/s1. The van der Waals surface area contributed by atoms with Crippen molar-refractivity contribution in [2.45, 2.75) is 12.5 Å². The molecule has 2 aromatic rings. The Hall–Kier alpha value is -2.73. The van der Waals surface area contributed by atoms with Crippen LogP contribution in [0.15, 0.2) is 54.6 Å². The summed E-state index contributed by atoms with van der Waals surface area (Å²) >= 11 is 0. The molecule has 1 amide bonds. The van der Waals surface area contributed by atoms with Crippen LogP contribution in [-0.4, -0.2) is 13.0 Å². The molecule has 0 unspecified atom stereocenters. The molecule has 0 radical (unpaired) electrons. The Morgan fingerprint density at radius 3 is 2.43 bits per heavy atom. The topological polar surface area (TPSA) is 38.3 Å². The molecule has 21 heavy (non-hydrogen) atoms. The van der Waals surface area contributed by atoms with Gasteiger partial charge in [0.05, 0.1) is 13.2 Å². The van der Waals surface area contributed by atoms with E-state index in [0.717, 1.165) is 11.3 Å². The Morgan fingerprint density at radius 1 is 1.19 bits per heavy atom. The summed E-state index contributed by atoms with van der Waals surface area (Å²) in [6, 6.07) is 16.5. The van der Waals surface area contributed by atoms with Gasteiger partial charge >= 0.3 is 0 Å². The van der Waals surface area contributed by atoms with Gasteiger partial charge in [-0.3, -0.25) is 4.79 Å². The van der Waals surface area contributed by atoms with Crippen LogP contribution in [0.4, 0.5) is 0 Å². The van der Waals surface area contributed by atoms with Gasteiger partial charge in [-0.1, -0.05) is 30.3 Å². The summed E-state index contributed by atoms with van der Waals surface area (Å²) in [5.41, 5.74) is 1.58. The Labute approximate surface area is 125 Å². The maximum atomic E-state index is 12.3. The Morgan fingerprint density at radius 2 is 1.86 bits per heavy atom. The van der Waals surface area contributed by atoms with E-state index >= 15 is 0 Å². The molecular formula is C18H17NO2. The lowest BCUT2D eigenvalue weighted by atomic mass is 10.0. The third-order valence-electron chi connectivity index (χ3n) is 3.18. The number of rotatable bonds is 5. The third-order valence-corrected chi connectivity index (χ3v) is 3.18. The maximum absolute atomic E-state index is 12.3. The molecule has 1 atom stereocenters. The normalized spacial score (nSPS) is 11.2. The third kappa shape index (κ3) is 3.87. The number of amides is 1. The van der Waals surface area contributed by atoms with E-state index < -0.39 is 0 Å². The highest BCUT2D eigenvalue weighted by Gasteiger charge is 2.14. The monoisotopic (exact) mass is 279 g/mol. The van der Waals surface area contributed by atoms with E-state index in [-0.39, 0.29) is 11.9 Å². The fraction of sp³-hybridized carbons (Fsp3) is 0.167. The molecule has 0 saturated carbocycles. The first-order chi connectivity index (χ1) is 10.2. The van der Waals surface area contributed by atoms with Gasteiger partial charge in [0.2, 0.25) is 0 Å². The van der Waals surface area contributed by atoms with Crippen LogP contribution in [0.25, 0.3) is 0 Å². The van der Waals surface area contributed by atoms with Crippen LogP contribution in [0.5, 0.6) is 5.75 Å². The Kier molecular flexibility index (Phi) is 5.00. The average Bonchev–Trinajstić information content (AvgIpc) is 2.55. The number of nitrogens with one attached hydrogen (secondary N) is 1. The summed E-state index contributed by atoms with van der Waals surface area (Å²) in [7, 11) is 1.59. The number of methoxy groups -OCH3 is 1. The molecule has 2 rings (SSSR count). The van der Waals surface area contributed by atoms with Crippen molar-refractivity contribution in [3.8, 4) is 18.1 Å². The van der Waals surface area contributed by atoms with E-state index in [1.165, 1.54) is 0 Å². The first-order valence-electron chi connectivity index (χ1n) is 6.68. The number of hydrogen-bond donors (Lipinski definition) is 1. The van der Waals surface area contributed by atoms with Crippen molar-refractivity contribution in [3.05, 3.63) is 65.7 Å². The summed E-state index contributed by atoms with van der Waals surface area (Å²) in [6.45, 7) is 0. The van der Waals surface area contributed by atoms with Crippen molar-refractivity contribution in [2.75, 3.05) is 7.11 Å². The molecule has 106 valence electrons. The minimum atomic E-state index is -0.189. The Bertz CT molecular complexity index is 627. The van der Waals surface area contributed by atoms with E-state index in [0.29, 0.717) is 12.0 Å². The summed E-state index contributed by atoms with van der Waals surface area (Å²) in [5, 5.41) is 2.97. The lowest BCUT2D eigenvalue weighted by Crippen LogP contribution is -2.28. The van der Waals surface area contributed by atoms with Gasteiger partial charge in [0.1, 0.15) is 5.75 Å². The zero-order valence-corrected chi connectivity index (χ0v) is 11.9. The molecule has 3 heteroatoms. The predicted octanol–water partition coefficient (Wildman–Crippen LogP) is 3.19. The molecule has 0 aromatic heterocycles. The van der Waals surface area contributed by atoms with Crippen LogP contribution in [0, 0.1) is 12.3 Å². The van der Waals surface area contributed by atoms with Crippen molar-refractivity contribution in [1.82, 2.24) is 5.32 Å². The molecule has 0 aliphatic carbocycles. The van der Waals surface area contributed by atoms with Gasteiger partial charge in [0.15, 0.2) is 0 Å². The number of benzene rings is 2. The maximum Gasteiger partial charge on any atom is 0.251 e. The Balaban J connectivity index is 2.13. The van der Waals surface area contributed by atoms with Gasteiger partial charge in [-0.05, 0) is 29.8 Å². The zero-order valence-electron chi connectivity index (χ0n) is 11.9. The van der Waals surface area contributed by atoms with E-state index in [1.807, 2.05) is 30.3 Å². The van der Waals surface area contributed by atoms with E-state index in [9.17, 15) is 4.79 Å². The molecule has 0 heterocycles. The molecule has 0 aliphatic rings. The van der Waals surface area contributed by atoms with Crippen molar-refractivity contribution in [3.63, 3.8) is 0 Å². The fourth-order valence-electron chi connectivity index (χ4n) is 2.04. The van der Waals surface area contributed by atoms with Gasteiger partial charge < -0.3 is 10.1 Å². The number of carbonyl (C=O) groups excluding carboxylic acids is 1. The van der Waals surface area contributed by atoms with Gasteiger partial charge in [-0.15, -0.1) is 12.3 Å². The summed E-state index contributed by atoms with van der Waals surface area (Å²) < 4.78 is 5.08. The second-order valence-corrected chi connectivity index (χ2v) is 4.57. The fourth-order valence-corrected chi connectivity index (χ4v) is 2.04. The minimum Gasteiger partial charge on any atom is -0.497 e. The van der Waals surface area contributed by atoms with Crippen LogP contribution in [0.2, 0.25) is 0 Å². The van der Waals surface area contributed by atoms with Crippen LogP contribution in [-0.2, 0) is 0 Å². The first-order valence-corrected chi connectivity index (χ1v) is 6.68. The molecule has 1 N–H and O–H groups in total. The van der Waals surface area contributed by atoms with Crippen molar-refractivity contribution in [2.24, 2.45) is 0 Å². The van der Waals surface area contributed by atoms with Crippen LogP contribution in [0.1, 0.15) is 28.4 Å². The largest absolute Gasteiger partial charge is 0.497 e. The summed E-state index contributed by atoms with van der Waals surface area (Å²) in [4.78, 5) is 12.3. The van der Waals surface area contributed by atoms with Gasteiger partial charge in [0, 0.05) is 12.0 Å². The second kappa shape index (κ2) is 7.16. The highest BCUT2D eigenvalue weighted by molar-refractivity contribution is 5.94. The minimum absolute atomic E-state index is 0.151. The van der Waals surface area contributed by atoms with Gasteiger partial charge in [-0.2, -0.15) is 0 Å². The van der Waals surface area contributed by atoms with Crippen LogP contribution >= 0.6 is 0 Å². The van der Waals surface area contributed by atoms with Crippen LogP contribution in [0.3, 0.4) is 0 Å². The smallest absolute Gasteiger partial charge is 0.251 e. The number of terminal acetylenes is 1. The quantitative estimate of drug-likeness (QED) is 0.854. The van der Waals surface area contributed by atoms with Crippen molar-refractivity contribution < 1.29 is 9.53 Å².